The van der Waals surface area contributed by atoms with E-state index in [-0.39, 0.29) is 17.8 Å². The number of aliphatic imine (C=N–C) groups is 2. The van der Waals surface area contributed by atoms with Gasteiger partial charge in [-0.15, -0.1) is 5.10 Å². The molecule has 2 aromatic heterocycles. The van der Waals surface area contributed by atoms with Crippen LogP contribution in [0.5, 0.6) is 0 Å². The summed E-state index contributed by atoms with van der Waals surface area (Å²) in [5.41, 5.74) is 10.1. The SMILES string of the molecule is CN=C/C(=C\N)c1nc(-c2nnc(N[C@H]3N=C(c4ccccc4)c4ccccc4NC3=O)o2)c(N2CCOCC2)s1. The van der Waals surface area contributed by atoms with E-state index in [1.54, 1.807) is 13.3 Å². The van der Waals surface area contributed by atoms with Gasteiger partial charge in [-0.1, -0.05) is 65.0 Å². The van der Waals surface area contributed by atoms with E-state index in [1.165, 1.54) is 17.5 Å². The number of morpholine rings is 1. The molecule has 12 nitrogen and oxygen atoms in total. The number of carbonyl (C=O) groups excluding carboxylic acids is 1. The van der Waals surface area contributed by atoms with Crippen LogP contribution in [0.15, 0.2) is 75.2 Å². The van der Waals surface area contributed by atoms with E-state index in [4.69, 9.17) is 24.9 Å². The molecule has 0 saturated carbocycles. The first kappa shape index (κ1) is 26.3. The maximum atomic E-state index is 13.2. The molecule has 1 saturated heterocycles. The first-order valence-corrected chi connectivity index (χ1v) is 13.8. The number of nitrogens with one attached hydrogen (secondary N) is 2. The minimum atomic E-state index is -1.02. The molecular formula is C28H27N9O3S. The summed E-state index contributed by atoms with van der Waals surface area (Å²) in [6.07, 6.45) is 2.09. The Labute approximate surface area is 239 Å². The summed E-state index contributed by atoms with van der Waals surface area (Å²) in [4.78, 5) is 29.1. The van der Waals surface area contributed by atoms with Gasteiger partial charge in [-0.2, -0.15) is 0 Å². The van der Waals surface area contributed by atoms with E-state index in [9.17, 15) is 4.79 Å². The lowest BCUT2D eigenvalue weighted by Crippen LogP contribution is -2.36. The van der Waals surface area contributed by atoms with Crippen LogP contribution in [0.2, 0.25) is 0 Å². The lowest BCUT2D eigenvalue weighted by molar-refractivity contribution is -0.116. The van der Waals surface area contributed by atoms with Crippen molar-refractivity contribution in [1.82, 2.24) is 15.2 Å². The Balaban J connectivity index is 1.34. The lowest BCUT2D eigenvalue weighted by atomic mass is 10.0. The van der Waals surface area contributed by atoms with Gasteiger partial charge < -0.3 is 30.4 Å². The largest absolute Gasteiger partial charge is 0.404 e. The van der Waals surface area contributed by atoms with Crippen LogP contribution in [-0.2, 0) is 9.53 Å². The van der Waals surface area contributed by atoms with Crippen LogP contribution in [-0.4, -0.2) is 72.5 Å². The minimum Gasteiger partial charge on any atom is -0.404 e. The highest BCUT2D eigenvalue weighted by molar-refractivity contribution is 7.17. The fourth-order valence-corrected chi connectivity index (χ4v) is 5.64. The topological polar surface area (TPSA) is 156 Å². The van der Waals surface area contributed by atoms with Crippen molar-refractivity contribution in [3.63, 3.8) is 0 Å². The van der Waals surface area contributed by atoms with Crippen LogP contribution in [0.3, 0.4) is 0 Å². The second-order valence-corrected chi connectivity index (χ2v) is 10.1. The number of carbonyl (C=O) groups is 1. The molecule has 2 aliphatic heterocycles. The summed E-state index contributed by atoms with van der Waals surface area (Å²) < 4.78 is 11.5. The second kappa shape index (κ2) is 11.7. The molecule has 1 amide bonds. The number of benzodiazepines with no additional fused rings is 1. The van der Waals surface area contributed by atoms with Gasteiger partial charge in [-0.25, -0.2) is 9.98 Å². The number of thiazole rings is 1. The number of rotatable bonds is 7. The number of nitrogens with zero attached hydrogens (tertiary/aromatic N) is 6. The lowest BCUT2D eigenvalue weighted by Gasteiger charge is -2.27. The van der Waals surface area contributed by atoms with Crippen molar-refractivity contribution in [1.29, 1.82) is 0 Å². The van der Waals surface area contributed by atoms with E-state index in [2.05, 4.69) is 30.7 Å². The number of amides is 1. The van der Waals surface area contributed by atoms with Gasteiger partial charge in [0.1, 0.15) is 10.0 Å². The summed E-state index contributed by atoms with van der Waals surface area (Å²) in [5, 5.41) is 15.9. The van der Waals surface area contributed by atoms with Crippen molar-refractivity contribution < 1.29 is 13.9 Å². The van der Waals surface area contributed by atoms with Gasteiger partial charge in [-0.3, -0.25) is 9.79 Å². The minimum absolute atomic E-state index is 0.0365. The standard InChI is InChI=1S/C28H27N9O3S/c1-30-16-18(15-29)26-33-22(27(41-26)37-11-13-39-14-12-37)25-35-36-28(40-25)34-23-24(38)31-20-10-6-5-9-19(20)21(32-23)17-7-3-2-4-8-17/h2-10,15-16,23H,11-14,29H2,1H3,(H,31,38)(H,34,36)/b18-15+,30-16?/t23-/m1/s1. The molecule has 41 heavy (non-hydrogen) atoms. The average molecular weight is 570 g/mol. The van der Waals surface area contributed by atoms with Crippen molar-refractivity contribution in [3.05, 3.63) is 76.9 Å². The van der Waals surface area contributed by atoms with Gasteiger partial charge >= 0.3 is 6.01 Å². The van der Waals surface area contributed by atoms with Gasteiger partial charge in [0.15, 0.2) is 5.69 Å². The van der Waals surface area contributed by atoms with Crippen LogP contribution >= 0.6 is 11.3 Å². The smallest absolute Gasteiger partial charge is 0.317 e. The predicted molar refractivity (Wildman–Crippen MR) is 160 cm³/mol. The van der Waals surface area contributed by atoms with E-state index in [0.717, 1.165) is 16.1 Å². The summed E-state index contributed by atoms with van der Waals surface area (Å²) in [6, 6.07) is 17.3. The van der Waals surface area contributed by atoms with E-state index in [0.29, 0.717) is 54.0 Å². The van der Waals surface area contributed by atoms with Crippen molar-refractivity contribution in [3.8, 4) is 11.6 Å². The number of allylic oxidation sites excluding steroid dienone is 1. The number of hydrogen-bond acceptors (Lipinski definition) is 12. The van der Waals surface area contributed by atoms with Crippen LogP contribution in [0, 0.1) is 0 Å². The Morgan fingerprint density at radius 1 is 1.15 bits per heavy atom. The maximum absolute atomic E-state index is 13.2. The number of hydrogen-bond donors (Lipinski definition) is 3. The van der Waals surface area contributed by atoms with Crippen molar-refractivity contribution >= 4 is 51.4 Å². The zero-order chi connectivity index (χ0) is 28.2. The number of fused-ring (bicyclic) bond motifs is 1. The fraction of sp³-hybridized carbons (Fsp3) is 0.214. The molecule has 0 unspecified atom stereocenters. The summed E-state index contributed by atoms with van der Waals surface area (Å²) in [6.45, 7) is 2.58. The Hall–Kier alpha value is -4.88. The molecule has 2 aromatic carbocycles. The highest BCUT2D eigenvalue weighted by Gasteiger charge is 2.29. The van der Waals surface area contributed by atoms with Crippen LogP contribution in [0.4, 0.5) is 16.7 Å². The molecular weight excluding hydrogens is 542 g/mol. The van der Waals surface area contributed by atoms with Gasteiger partial charge in [0.25, 0.3) is 11.8 Å². The van der Waals surface area contributed by atoms with Crippen molar-refractivity contribution in [2.75, 3.05) is 48.9 Å². The second-order valence-electron chi connectivity index (χ2n) is 9.12. The molecule has 6 rings (SSSR count). The predicted octanol–water partition coefficient (Wildman–Crippen LogP) is 3.26. The molecule has 0 spiro atoms. The van der Waals surface area contributed by atoms with Crippen molar-refractivity contribution in [2.24, 2.45) is 15.7 Å². The molecule has 0 bridgehead atoms. The quantitative estimate of drug-likeness (QED) is 0.284. The van der Waals surface area contributed by atoms with Crippen LogP contribution in [0.1, 0.15) is 16.1 Å². The molecule has 1 fully saturated rings. The first-order chi connectivity index (χ1) is 20.1. The van der Waals surface area contributed by atoms with E-state index in [1.807, 2.05) is 54.6 Å². The Kier molecular flexibility index (Phi) is 7.52. The highest BCUT2D eigenvalue weighted by atomic mass is 32.1. The number of ether oxygens (including phenoxy) is 1. The molecule has 4 heterocycles. The number of aromatic nitrogens is 3. The number of para-hydroxylation sites is 1. The number of anilines is 3. The Bertz CT molecular complexity index is 1640. The fourth-order valence-electron chi connectivity index (χ4n) is 4.54. The van der Waals surface area contributed by atoms with Crippen LogP contribution < -0.4 is 21.3 Å². The Morgan fingerprint density at radius 2 is 1.93 bits per heavy atom. The molecule has 1 atom stereocenters. The summed E-state index contributed by atoms with van der Waals surface area (Å²) in [5.74, 6) is -0.157. The maximum Gasteiger partial charge on any atom is 0.317 e. The molecule has 4 N–H and O–H groups in total. The third-order valence-electron chi connectivity index (χ3n) is 6.48. The highest BCUT2D eigenvalue weighted by Crippen LogP contribution is 2.38. The van der Waals surface area contributed by atoms with Gasteiger partial charge in [0.2, 0.25) is 6.17 Å². The van der Waals surface area contributed by atoms with E-state index < -0.39 is 6.17 Å². The van der Waals surface area contributed by atoms with Gasteiger partial charge in [0, 0.05) is 49.3 Å². The molecule has 13 heteroatoms. The third-order valence-corrected chi connectivity index (χ3v) is 7.65. The number of nitrogens with two attached hydrogens (primary N) is 1. The molecule has 208 valence electrons. The molecule has 0 radical (unpaired) electrons. The van der Waals surface area contributed by atoms with Gasteiger partial charge in [0.05, 0.1) is 24.6 Å². The van der Waals surface area contributed by atoms with Crippen molar-refractivity contribution in [2.45, 2.75) is 6.17 Å². The molecule has 2 aliphatic rings. The zero-order valence-corrected chi connectivity index (χ0v) is 23.0. The Morgan fingerprint density at radius 3 is 2.71 bits per heavy atom. The van der Waals surface area contributed by atoms with E-state index >= 15 is 0 Å². The molecule has 0 aliphatic carbocycles. The number of benzene rings is 2. The normalized spacial score (nSPS) is 17.6. The molecule has 4 aromatic rings. The third kappa shape index (κ3) is 5.44. The zero-order valence-electron chi connectivity index (χ0n) is 22.2. The summed E-state index contributed by atoms with van der Waals surface area (Å²) >= 11 is 1.46. The van der Waals surface area contributed by atoms with Gasteiger partial charge in [-0.05, 0) is 6.07 Å². The average Bonchev–Trinajstić information content (AvgIpc) is 3.64. The summed E-state index contributed by atoms with van der Waals surface area (Å²) in [7, 11) is 1.67. The van der Waals surface area contributed by atoms with Crippen LogP contribution in [0.25, 0.3) is 17.2 Å². The first-order valence-electron chi connectivity index (χ1n) is 13.0. The monoisotopic (exact) mass is 569 g/mol.